The van der Waals surface area contributed by atoms with Crippen LogP contribution in [0.4, 0.5) is 0 Å². The molecule has 4 bridgehead atoms. The molecule has 4 aliphatic carbocycles. The fourth-order valence-corrected chi connectivity index (χ4v) is 7.11. The topological polar surface area (TPSA) is 26.0 Å². The van der Waals surface area contributed by atoms with Gasteiger partial charge in [0.1, 0.15) is 0 Å². The van der Waals surface area contributed by atoms with E-state index in [4.69, 9.17) is 5.73 Å². The van der Waals surface area contributed by atoms with Crippen LogP contribution in [0.25, 0.3) is 0 Å². The lowest BCUT2D eigenvalue weighted by Crippen LogP contribution is -2.65. The molecule has 1 nitrogen and oxygen atoms in total. The monoisotopic (exact) mass is 305 g/mol. The third-order valence-corrected chi connectivity index (χ3v) is 7.80. The van der Waals surface area contributed by atoms with Gasteiger partial charge < -0.3 is 5.73 Å². The van der Waals surface area contributed by atoms with E-state index in [1.54, 1.807) is 12.8 Å². The summed E-state index contributed by atoms with van der Waals surface area (Å²) in [6.07, 6.45) is 17.2. The first-order valence-corrected chi connectivity index (χ1v) is 10.3. The minimum Gasteiger partial charge on any atom is -0.325 e. The molecule has 0 radical (unpaired) electrons. The van der Waals surface area contributed by atoms with E-state index < -0.39 is 0 Å². The van der Waals surface area contributed by atoms with Crippen LogP contribution in [0.2, 0.25) is 0 Å². The maximum Gasteiger partial charge on any atom is 0.0185 e. The van der Waals surface area contributed by atoms with Crippen molar-refractivity contribution in [3.8, 4) is 0 Å². The zero-order chi connectivity index (χ0) is 15.8. The number of unbranched alkanes of at least 4 members (excludes halogenated alkanes) is 3. The Balaban J connectivity index is 1.79. The average Bonchev–Trinajstić information content (AvgIpc) is 2.45. The fraction of sp³-hybridized carbons (Fsp3) is 1.00. The third kappa shape index (κ3) is 2.76. The van der Waals surface area contributed by atoms with Crippen LogP contribution in [-0.2, 0) is 0 Å². The van der Waals surface area contributed by atoms with Crippen molar-refractivity contribution in [2.45, 2.75) is 103 Å². The molecular formula is C21H39N. The Morgan fingerprint density at radius 2 is 1.64 bits per heavy atom. The molecule has 0 spiro atoms. The molecule has 4 unspecified atom stereocenters. The largest absolute Gasteiger partial charge is 0.325 e. The summed E-state index contributed by atoms with van der Waals surface area (Å²) in [6, 6.07) is 0. The van der Waals surface area contributed by atoms with Gasteiger partial charge in [0.25, 0.3) is 0 Å². The lowest BCUT2D eigenvalue weighted by atomic mass is 9.40. The summed E-state index contributed by atoms with van der Waals surface area (Å²) in [5, 5.41) is 0. The van der Waals surface area contributed by atoms with Gasteiger partial charge in [-0.05, 0) is 81.0 Å². The third-order valence-electron chi connectivity index (χ3n) is 7.80. The minimum atomic E-state index is 0.0766. The molecule has 0 saturated heterocycles. The Morgan fingerprint density at radius 3 is 2.23 bits per heavy atom. The number of nitrogens with two attached hydrogens (primary N) is 1. The zero-order valence-electron chi connectivity index (χ0n) is 15.4. The van der Waals surface area contributed by atoms with Crippen molar-refractivity contribution < 1.29 is 0 Å². The summed E-state index contributed by atoms with van der Waals surface area (Å²) in [6.45, 7) is 7.06. The number of hydrogen-bond acceptors (Lipinski definition) is 1. The van der Waals surface area contributed by atoms with Crippen LogP contribution in [0.5, 0.6) is 0 Å². The molecule has 4 fully saturated rings. The van der Waals surface area contributed by atoms with E-state index in [-0.39, 0.29) is 5.54 Å². The van der Waals surface area contributed by atoms with E-state index in [0.717, 1.165) is 23.7 Å². The molecule has 1 heteroatoms. The lowest BCUT2D eigenvalue weighted by Gasteiger charge is -2.66. The van der Waals surface area contributed by atoms with Crippen LogP contribution in [0, 0.1) is 29.1 Å². The summed E-state index contributed by atoms with van der Waals surface area (Å²) >= 11 is 0. The van der Waals surface area contributed by atoms with Crippen LogP contribution >= 0.6 is 0 Å². The van der Waals surface area contributed by atoms with E-state index in [2.05, 4.69) is 20.8 Å². The number of hydrogen-bond donors (Lipinski definition) is 1. The lowest BCUT2D eigenvalue weighted by molar-refractivity contribution is -0.150. The molecule has 4 rings (SSSR count). The number of rotatable bonds is 8. The summed E-state index contributed by atoms with van der Waals surface area (Å²) in [7, 11) is 0. The maximum atomic E-state index is 7.05. The van der Waals surface area contributed by atoms with Crippen molar-refractivity contribution in [2.75, 3.05) is 0 Å². The molecule has 4 atom stereocenters. The van der Waals surface area contributed by atoms with Crippen molar-refractivity contribution >= 4 is 0 Å². The van der Waals surface area contributed by atoms with E-state index in [0.29, 0.717) is 5.41 Å². The molecule has 0 amide bonds. The Labute approximate surface area is 138 Å². The Kier molecular flexibility index (Phi) is 4.93. The van der Waals surface area contributed by atoms with Crippen molar-refractivity contribution in [3.63, 3.8) is 0 Å². The van der Waals surface area contributed by atoms with E-state index in [1.165, 1.54) is 64.2 Å². The summed E-state index contributed by atoms with van der Waals surface area (Å²) < 4.78 is 0. The van der Waals surface area contributed by atoms with Crippen LogP contribution in [0.3, 0.4) is 0 Å². The van der Waals surface area contributed by atoms with Gasteiger partial charge in [0.2, 0.25) is 0 Å². The van der Waals surface area contributed by atoms with Gasteiger partial charge in [-0.3, -0.25) is 0 Å². The Hall–Kier alpha value is -0.0400. The van der Waals surface area contributed by atoms with Gasteiger partial charge in [-0.1, -0.05) is 46.0 Å². The second-order valence-corrected chi connectivity index (χ2v) is 9.39. The smallest absolute Gasteiger partial charge is 0.0185 e. The average molecular weight is 306 g/mol. The molecular weight excluding hydrogens is 266 g/mol. The van der Waals surface area contributed by atoms with Gasteiger partial charge in [0.05, 0.1) is 0 Å². The molecule has 0 aromatic rings. The van der Waals surface area contributed by atoms with Gasteiger partial charge in [0, 0.05) is 5.54 Å². The fourth-order valence-electron chi connectivity index (χ4n) is 7.11. The standard InChI is InChI=1S/C21H39N/c1-4-6-7-8-9-19-18-12-16-11-17(13-18)15-21(19,14-16)20(3,22)10-5-2/h16-19H,4-15,22H2,1-3H3. The molecule has 0 aliphatic heterocycles. The van der Waals surface area contributed by atoms with Gasteiger partial charge >= 0.3 is 0 Å². The molecule has 128 valence electrons. The second kappa shape index (κ2) is 6.46. The van der Waals surface area contributed by atoms with Crippen molar-refractivity contribution in [2.24, 2.45) is 34.8 Å². The van der Waals surface area contributed by atoms with Crippen LogP contribution < -0.4 is 5.73 Å². The quantitative estimate of drug-likeness (QED) is 0.554. The van der Waals surface area contributed by atoms with Gasteiger partial charge in [0.15, 0.2) is 0 Å². The highest BCUT2D eigenvalue weighted by Gasteiger charge is 2.61. The van der Waals surface area contributed by atoms with Gasteiger partial charge in [-0.15, -0.1) is 0 Å². The molecule has 0 aromatic carbocycles. The summed E-state index contributed by atoms with van der Waals surface area (Å²) in [5.74, 6) is 4.00. The maximum absolute atomic E-state index is 7.05. The Morgan fingerprint density at radius 1 is 0.955 bits per heavy atom. The van der Waals surface area contributed by atoms with Crippen LogP contribution in [0.1, 0.15) is 97.8 Å². The van der Waals surface area contributed by atoms with E-state index in [1.807, 2.05) is 0 Å². The predicted octanol–water partition coefficient (Wildman–Crippen LogP) is 5.92. The van der Waals surface area contributed by atoms with Crippen LogP contribution in [-0.4, -0.2) is 5.54 Å². The normalized spacial score (nSPS) is 42.5. The minimum absolute atomic E-state index is 0.0766. The first-order valence-electron chi connectivity index (χ1n) is 10.3. The highest BCUT2D eigenvalue weighted by molar-refractivity contribution is 5.14. The van der Waals surface area contributed by atoms with E-state index >= 15 is 0 Å². The van der Waals surface area contributed by atoms with Crippen molar-refractivity contribution in [1.29, 1.82) is 0 Å². The molecule has 4 saturated carbocycles. The van der Waals surface area contributed by atoms with Crippen LogP contribution in [0.15, 0.2) is 0 Å². The SMILES string of the molecule is CCCCCCC1C2CC3CC(C2)CC1(C(C)(N)CCC)C3. The first kappa shape index (κ1) is 16.8. The van der Waals surface area contributed by atoms with Gasteiger partial charge in [-0.25, -0.2) is 0 Å². The molecule has 22 heavy (non-hydrogen) atoms. The summed E-state index contributed by atoms with van der Waals surface area (Å²) in [4.78, 5) is 0. The molecule has 2 N–H and O–H groups in total. The molecule has 4 aliphatic rings. The van der Waals surface area contributed by atoms with E-state index in [9.17, 15) is 0 Å². The zero-order valence-corrected chi connectivity index (χ0v) is 15.4. The van der Waals surface area contributed by atoms with Gasteiger partial charge in [-0.2, -0.15) is 0 Å². The van der Waals surface area contributed by atoms with Crippen molar-refractivity contribution in [3.05, 3.63) is 0 Å². The first-order chi connectivity index (χ1) is 10.5. The molecule has 0 heterocycles. The van der Waals surface area contributed by atoms with Crippen molar-refractivity contribution in [1.82, 2.24) is 0 Å². The highest BCUT2D eigenvalue weighted by Crippen LogP contribution is 2.67. The predicted molar refractivity (Wildman–Crippen MR) is 95.7 cm³/mol. The second-order valence-electron chi connectivity index (χ2n) is 9.39. The summed E-state index contributed by atoms with van der Waals surface area (Å²) in [5.41, 5.74) is 7.61. The highest BCUT2D eigenvalue weighted by atomic mass is 14.8. The molecule has 0 aromatic heterocycles. The Bertz CT molecular complexity index is 358.